The minimum atomic E-state index is 0.110. The molecule has 3 nitrogen and oxygen atoms in total. The summed E-state index contributed by atoms with van der Waals surface area (Å²) in [5, 5.41) is 9.10. The van der Waals surface area contributed by atoms with Gasteiger partial charge >= 0.3 is 0 Å². The summed E-state index contributed by atoms with van der Waals surface area (Å²) in [5.74, 6) is 0.273. The Bertz CT molecular complexity index is 171. The minimum Gasteiger partial charge on any atom is -0.396 e. The number of rotatable bonds is 6. The van der Waals surface area contributed by atoms with Crippen LogP contribution in [0.5, 0.6) is 0 Å². The summed E-state index contributed by atoms with van der Waals surface area (Å²) in [4.78, 5) is 13.3. The van der Waals surface area contributed by atoms with Crippen molar-refractivity contribution in [2.24, 2.45) is 5.92 Å². The molecule has 1 unspecified atom stereocenters. The van der Waals surface area contributed by atoms with Crippen molar-refractivity contribution >= 4 is 5.91 Å². The van der Waals surface area contributed by atoms with Gasteiger partial charge in [0, 0.05) is 26.1 Å². The fourth-order valence-electron chi connectivity index (χ4n) is 1.85. The van der Waals surface area contributed by atoms with Crippen LogP contribution < -0.4 is 0 Å². The number of aliphatic hydroxyl groups is 1. The lowest BCUT2D eigenvalue weighted by Crippen LogP contribution is -2.43. The molecule has 0 radical (unpaired) electrons. The third kappa shape index (κ3) is 3.66. The maximum Gasteiger partial charge on any atom is 0.219 e. The SMILES string of the molecule is CCCN(C(C)=O)[C@H](CC)C(C)CO. The van der Waals surface area contributed by atoms with Crippen molar-refractivity contribution in [1.29, 1.82) is 0 Å². The molecule has 84 valence electrons. The Morgan fingerprint density at radius 3 is 2.29 bits per heavy atom. The summed E-state index contributed by atoms with van der Waals surface area (Å²) in [7, 11) is 0. The molecule has 2 atom stereocenters. The van der Waals surface area contributed by atoms with E-state index in [2.05, 4.69) is 13.8 Å². The highest BCUT2D eigenvalue weighted by Crippen LogP contribution is 2.15. The zero-order chi connectivity index (χ0) is 11.1. The minimum absolute atomic E-state index is 0.110. The van der Waals surface area contributed by atoms with Gasteiger partial charge in [-0.1, -0.05) is 20.8 Å². The quantitative estimate of drug-likeness (QED) is 0.710. The van der Waals surface area contributed by atoms with Crippen LogP contribution in [-0.2, 0) is 4.79 Å². The first kappa shape index (κ1) is 13.4. The molecule has 1 amide bonds. The maximum absolute atomic E-state index is 11.4. The van der Waals surface area contributed by atoms with E-state index in [-0.39, 0.29) is 24.5 Å². The van der Waals surface area contributed by atoms with Crippen LogP contribution in [0.2, 0.25) is 0 Å². The summed E-state index contributed by atoms with van der Waals surface area (Å²) in [6, 6.07) is 0.178. The van der Waals surface area contributed by atoms with E-state index in [1.165, 1.54) is 0 Å². The Morgan fingerprint density at radius 1 is 1.43 bits per heavy atom. The van der Waals surface area contributed by atoms with E-state index in [9.17, 15) is 4.79 Å². The van der Waals surface area contributed by atoms with Crippen molar-refractivity contribution in [2.45, 2.75) is 46.6 Å². The van der Waals surface area contributed by atoms with E-state index in [1.54, 1.807) is 6.92 Å². The number of hydrogen-bond donors (Lipinski definition) is 1. The van der Waals surface area contributed by atoms with Gasteiger partial charge in [0.15, 0.2) is 0 Å². The monoisotopic (exact) mass is 201 g/mol. The van der Waals surface area contributed by atoms with Crippen molar-refractivity contribution in [3.05, 3.63) is 0 Å². The van der Waals surface area contributed by atoms with E-state index in [1.807, 2.05) is 11.8 Å². The summed E-state index contributed by atoms with van der Waals surface area (Å²) in [6.45, 7) is 8.64. The molecule has 0 aromatic heterocycles. The second kappa shape index (κ2) is 6.82. The molecule has 0 saturated carbocycles. The molecule has 0 aliphatic heterocycles. The van der Waals surface area contributed by atoms with Crippen molar-refractivity contribution < 1.29 is 9.90 Å². The van der Waals surface area contributed by atoms with Gasteiger partial charge in [-0.05, 0) is 18.8 Å². The average molecular weight is 201 g/mol. The van der Waals surface area contributed by atoms with Gasteiger partial charge in [-0.2, -0.15) is 0 Å². The molecule has 0 fully saturated rings. The van der Waals surface area contributed by atoms with Gasteiger partial charge in [0.25, 0.3) is 0 Å². The van der Waals surface area contributed by atoms with Gasteiger partial charge in [0.05, 0.1) is 0 Å². The highest BCUT2D eigenvalue weighted by Gasteiger charge is 2.23. The second-order valence-corrected chi connectivity index (χ2v) is 3.85. The molecule has 3 heteroatoms. The highest BCUT2D eigenvalue weighted by molar-refractivity contribution is 5.73. The molecule has 14 heavy (non-hydrogen) atoms. The largest absolute Gasteiger partial charge is 0.396 e. The molecule has 0 heterocycles. The fraction of sp³-hybridized carbons (Fsp3) is 0.909. The van der Waals surface area contributed by atoms with Gasteiger partial charge in [0.2, 0.25) is 5.91 Å². The average Bonchev–Trinajstić information content (AvgIpc) is 2.16. The smallest absolute Gasteiger partial charge is 0.219 e. The summed E-state index contributed by atoms with van der Waals surface area (Å²) < 4.78 is 0. The molecule has 1 N–H and O–H groups in total. The van der Waals surface area contributed by atoms with E-state index in [4.69, 9.17) is 5.11 Å². The Kier molecular flexibility index (Phi) is 6.54. The number of hydrogen-bond acceptors (Lipinski definition) is 2. The van der Waals surface area contributed by atoms with Crippen molar-refractivity contribution in [1.82, 2.24) is 4.90 Å². The molecular weight excluding hydrogens is 178 g/mol. The lowest BCUT2D eigenvalue weighted by atomic mass is 9.98. The lowest BCUT2D eigenvalue weighted by molar-refractivity contribution is -0.132. The Hall–Kier alpha value is -0.570. The van der Waals surface area contributed by atoms with Crippen LogP contribution in [0.25, 0.3) is 0 Å². The maximum atomic E-state index is 11.4. The summed E-state index contributed by atoms with van der Waals surface area (Å²) >= 11 is 0. The normalized spacial score (nSPS) is 14.9. The Balaban J connectivity index is 4.48. The highest BCUT2D eigenvalue weighted by atomic mass is 16.3. The predicted molar refractivity (Wildman–Crippen MR) is 58.0 cm³/mol. The van der Waals surface area contributed by atoms with Gasteiger partial charge in [0.1, 0.15) is 0 Å². The van der Waals surface area contributed by atoms with Crippen LogP contribution in [-0.4, -0.2) is 35.1 Å². The number of carbonyl (C=O) groups is 1. The van der Waals surface area contributed by atoms with Gasteiger partial charge < -0.3 is 10.0 Å². The molecule has 0 aliphatic carbocycles. The second-order valence-electron chi connectivity index (χ2n) is 3.85. The van der Waals surface area contributed by atoms with E-state index in [0.29, 0.717) is 0 Å². The van der Waals surface area contributed by atoms with E-state index < -0.39 is 0 Å². The molecule has 0 saturated heterocycles. The molecule has 0 rings (SSSR count). The first-order valence-electron chi connectivity index (χ1n) is 5.46. The molecule has 0 aliphatic rings. The Labute approximate surface area is 87.1 Å². The van der Waals surface area contributed by atoms with Crippen molar-refractivity contribution in [3.63, 3.8) is 0 Å². The predicted octanol–water partition coefficient (Wildman–Crippen LogP) is 1.65. The number of aliphatic hydroxyl groups excluding tert-OH is 1. The van der Waals surface area contributed by atoms with Gasteiger partial charge in [-0.25, -0.2) is 0 Å². The van der Waals surface area contributed by atoms with Crippen LogP contribution in [0.4, 0.5) is 0 Å². The fourth-order valence-corrected chi connectivity index (χ4v) is 1.85. The standard InChI is InChI=1S/C11H23NO2/c1-5-7-12(10(4)14)11(6-2)9(3)8-13/h9,11,13H,5-8H2,1-4H3/t9?,11-/m1/s1. The van der Waals surface area contributed by atoms with Crippen LogP contribution >= 0.6 is 0 Å². The first-order valence-corrected chi connectivity index (χ1v) is 5.46. The Morgan fingerprint density at radius 2 is 2.00 bits per heavy atom. The molecule has 0 aromatic rings. The summed E-state index contributed by atoms with van der Waals surface area (Å²) in [6.07, 6.45) is 1.87. The van der Waals surface area contributed by atoms with Crippen LogP contribution in [0.1, 0.15) is 40.5 Å². The first-order chi connectivity index (χ1) is 6.58. The van der Waals surface area contributed by atoms with E-state index in [0.717, 1.165) is 19.4 Å². The van der Waals surface area contributed by atoms with E-state index >= 15 is 0 Å². The molecule has 0 aromatic carbocycles. The number of nitrogens with zero attached hydrogens (tertiary/aromatic N) is 1. The molecule has 0 spiro atoms. The number of carbonyl (C=O) groups excluding carboxylic acids is 1. The zero-order valence-corrected chi connectivity index (χ0v) is 9.79. The van der Waals surface area contributed by atoms with Gasteiger partial charge in [-0.3, -0.25) is 4.79 Å². The molecular formula is C11H23NO2. The zero-order valence-electron chi connectivity index (χ0n) is 9.79. The van der Waals surface area contributed by atoms with Gasteiger partial charge in [-0.15, -0.1) is 0 Å². The molecule has 0 bridgehead atoms. The van der Waals surface area contributed by atoms with Crippen molar-refractivity contribution in [3.8, 4) is 0 Å². The summed E-state index contributed by atoms with van der Waals surface area (Å²) in [5.41, 5.74) is 0. The van der Waals surface area contributed by atoms with Crippen LogP contribution in [0.3, 0.4) is 0 Å². The lowest BCUT2D eigenvalue weighted by Gasteiger charge is -2.33. The number of amides is 1. The van der Waals surface area contributed by atoms with Crippen LogP contribution in [0.15, 0.2) is 0 Å². The van der Waals surface area contributed by atoms with Crippen molar-refractivity contribution in [2.75, 3.05) is 13.2 Å². The van der Waals surface area contributed by atoms with Crippen LogP contribution in [0, 0.1) is 5.92 Å². The third-order valence-corrected chi connectivity index (χ3v) is 2.63. The third-order valence-electron chi connectivity index (χ3n) is 2.63. The topological polar surface area (TPSA) is 40.5 Å².